The number of aromatic nitrogens is 1. The lowest BCUT2D eigenvalue weighted by Crippen LogP contribution is -2.40. The lowest BCUT2D eigenvalue weighted by Gasteiger charge is -2.26. The fraction of sp³-hybridized carbons (Fsp3) is 0.269. The summed E-state index contributed by atoms with van der Waals surface area (Å²) in [4.78, 5) is 31.8. The van der Waals surface area contributed by atoms with E-state index in [1.54, 1.807) is 44.2 Å². The van der Waals surface area contributed by atoms with Gasteiger partial charge < -0.3 is 14.6 Å². The summed E-state index contributed by atoms with van der Waals surface area (Å²) in [6.45, 7) is 7.51. The van der Waals surface area contributed by atoms with E-state index < -0.39 is 12.0 Å². The Bertz CT molecular complexity index is 1450. The van der Waals surface area contributed by atoms with Gasteiger partial charge in [0.25, 0.3) is 5.56 Å². The topological polar surface area (TPSA) is 90.1 Å². The van der Waals surface area contributed by atoms with Crippen molar-refractivity contribution in [1.82, 2.24) is 4.57 Å². The van der Waals surface area contributed by atoms with Crippen molar-refractivity contribution in [3.8, 4) is 11.5 Å². The van der Waals surface area contributed by atoms with Crippen LogP contribution in [0.5, 0.6) is 11.5 Å². The molecular formula is C26H26N2O5S. The van der Waals surface area contributed by atoms with Gasteiger partial charge in [0.1, 0.15) is 17.5 Å². The number of allylic oxidation sites excluding steroid dienone is 1. The van der Waals surface area contributed by atoms with Crippen molar-refractivity contribution >= 4 is 23.4 Å². The number of fused-ring (bicyclic) bond motifs is 1. The van der Waals surface area contributed by atoms with Crippen LogP contribution in [0.25, 0.3) is 6.08 Å². The number of thiazole rings is 1. The van der Waals surface area contributed by atoms with Crippen LogP contribution in [0, 0.1) is 0 Å². The van der Waals surface area contributed by atoms with Crippen LogP contribution in [0.15, 0.2) is 69.6 Å². The SMILES string of the molecule is CCOC(=O)C1=C(C)N=c2s/c(=C\c3ccccc3O)c(=O)n2[C@H]1c1ccccc1OC(C)C. The van der Waals surface area contributed by atoms with Crippen LogP contribution < -0.4 is 19.6 Å². The van der Waals surface area contributed by atoms with Gasteiger partial charge in [-0.25, -0.2) is 9.79 Å². The van der Waals surface area contributed by atoms with Gasteiger partial charge in [-0.15, -0.1) is 0 Å². The number of aromatic hydroxyl groups is 1. The molecule has 1 aromatic heterocycles. The third-order valence-electron chi connectivity index (χ3n) is 5.32. The standard InChI is InChI=1S/C26H26N2O5S/c1-5-32-25(31)22-16(4)27-26-28(23(22)18-11-7-9-13-20(18)33-15(2)3)24(30)21(34-26)14-17-10-6-8-12-19(17)29/h6-15,23,29H,5H2,1-4H3/b21-14-/t23-/m0/s1. The Hall–Kier alpha value is -3.65. The highest BCUT2D eigenvalue weighted by molar-refractivity contribution is 7.07. The van der Waals surface area contributed by atoms with Crippen molar-refractivity contribution in [2.24, 2.45) is 4.99 Å². The second-order valence-corrected chi connectivity index (χ2v) is 9.07. The molecule has 1 aliphatic heterocycles. The van der Waals surface area contributed by atoms with Gasteiger partial charge in [-0.1, -0.05) is 47.7 Å². The first kappa shape index (κ1) is 23.5. The lowest BCUT2D eigenvalue weighted by atomic mass is 9.95. The molecule has 176 valence electrons. The van der Waals surface area contributed by atoms with E-state index >= 15 is 0 Å². The molecule has 1 atom stereocenters. The zero-order valence-electron chi connectivity index (χ0n) is 19.4. The summed E-state index contributed by atoms with van der Waals surface area (Å²) in [5, 5.41) is 10.2. The molecule has 0 radical (unpaired) electrons. The first-order valence-electron chi connectivity index (χ1n) is 11.0. The summed E-state index contributed by atoms with van der Waals surface area (Å²) in [6.07, 6.45) is 1.53. The minimum atomic E-state index is -0.767. The number of phenols is 1. The van der Waals surface area contributed by atoms with E-state index in [1.807, 2.05) is 38.1 Å². The van der Waals surface area contributed by atoms with E-state index in [2.05, 4.69) is 4.99 Å². The molecule has 0 spiro atoms. The maximum absolute atomic E-state index is 13.7. The Morgan fingerprint density at radius 3 is 2.62 bits per heavy atom. The number of carbonyl (C=O) groups is 1. The van der Waals surface area contributed by atoms with Crippen molar-refractivity contribution in [2.75, 3.05) is 6.61 Å². The molecule has 0 fully saturated rings. The number of carbonyl (C=O) groups excluding carboxylic acids is 1. The predicted octanol–water partition coefficient (Wildman–Crippen LogP) is 3.29. The molecule has 0 bridgehead atoms. The Morgan fingerprint density at radius 1 is 1.21 bits per heavy atom. The van der Waals surface area contributed by atoms with Crippen molar-refractivity contribution in [3.63, 3.8) is 0 Å². The highest BCUT2D eigenvalue weighted by Crippen LogP contribution is 2.36. The molecule has 4 rings (SSSR count). The maximum atomic E-state index is 13.7. The molecular weight excluding hydrogens is 452 g/mol. The minimum Gasteiger partial charge on any atom is -0.507 e. The number of hydrogen-bond donors (Lipinski definition) is 1. The Balaban J connectivity index is 2.00. The molecule has 34 heavy (non-hydrogen) atoms. The Kier molecular flexibility index (Phi) is 6.70. The van der Waals surface area contributed by atoms with E-state index in [0.717, 1.165) is 0 Å². The summed E-state index contributed by atoms with van der Waals surface area (Å²) < 4.78 is 13.3. The van der Waals surface area contributed by atoms with Crippen LogP contribution in [0.1, 0.15) is 44.9 Å². The molecule has 3 aromatic rings. The summed E-state index contributed by atoms with van der Waals surface area (Å²) in [5.74, 6) is 0.126. The van der Waals surface area contributed by atoms with Crippen LogP contribution in [-0.2, 0) is 9.53 Å². The number of ether oxygens (including phenoxy) is 2. The van der Waals surface area contributed by atoms with E-state index in [1.165, 1.54) is 15.9 Å². The molecule has 1 aliphatic rings. The van der Waals surface area contributed by atoms with Gasteiger partial charge in [-0.05, 0) is 45.9 Å². The van der Waals surface area contributed by atoms with E-state index in [-0.39, 0.29) is 24.0 Å². The normalized spacial score (nSPS) is 15.8. The average molecular weight is 479 g/mol. The largest absolute Gasteiger partial charge is 0.507 e. The van der Waals surface area contributed by atoms with E-state index in [0.29, 0.717) is 37.5 Å². The van der Waals surface area contributed by atoms with Crippen LogP contribution in [-0.4, -0.2) is 28.4 Å². The number of esters is 1. The van der Waals surface area contributed by atoms with E-state index in [4.69, 9.17) is 9.47 Å². The first-order valence-corrected chi connectivity index (χ1v) is 11.9. The summed E-state index contributed by atoms with van der Waals surface area (Å²) in [6, 6.07) is 13.4. The highest BCUT2D eigenvalue weighted by atomic mass is 32.1. The first-order chi connectivity index (χ1) is 16.3. The van der Waals surface area contributed by atoms with Crippen molar-refractivity contribution in [1.29, 1.82) is 0 Å². The second kappa shape index (κ2) is 9.69. The van der Waals surface area contributed by atoms with Crippen LogP contribution in [0.3, 0.4) is 0 Å². The van der Waals surface area contributed by atoms with Gasteiger partial charge in [0, 0.05) is 11.1 Å². The molecule has 0 amide bonds. The molecule has 2 aromatic carbocycles. The third-order valence-corrected chi connectivity index (χ3v) is 6.30. The van der Waals surface area contributed by atoms with Crippen LogP contribution in [0.4, 0.5) is 0 Å². The van der Waals surface area contributed by atoms with Gasteiger partial charge >= 0.3 is 5.97 Å². The second-order valence-electron chi connectivity index (χ2n) is 8.07. The third kappa shape index (κ3) is 4.41. The monoisotopic (exact) mass is 478 g/mol. The Labute approximate surface area is 200 Å². The van der Waals surface area contributed by atoms with E-state index in [9.17, 15) is 14.7 Å². The van der Waals surface area contributed by atoms with Gasteiger partial charge in [0.2, 0.25) is 0 Å². The number of phenolic OH excluding ortho intramolecular Hbond substituents is 1. The molecule has 1 N–H and O–H groups in total. The zero-order valence-corrected chi connectivity index (χ0v) is 20.3. The number of hydrogen-bond acceptors (Lipinski definition) is 7. The molecule has 7 nitrogen and oxygen atoms in total. The van der Waals surface area contributed by atoms with Crippen molar-refractivity contribution in [2.45, 2.75) is 39.8 Å². The minimum absolute atomic E-state index is 0.0731. The molecule has 0 aliphatic carbocycles. The van der Waals surface area contributed by atoms with Crippen molar-refractivity contribution in [3.05, 3.63) is 90.6 Å². The number of nitrogens with zero attached hydrogens (tertiary/aromatic N) is 2. The average Bonchev–Trinajstić information content (AvgIpc) is 3.09. The number of benzene rings is 2. The lowest BCUT2D eigenvalue weighted by molar-refractivity contribution is -0.139. The molecule has 2 heterocycles. The van der Waals surface area contributed by atoms with Crippen LogP contribution >= 0.6 is 11.3 Å². The molecule has 0 unspecified atom stereocenters. The van der Waals surface area contributed by atoms with Crippen LogP contribution in [0.2, 0.25) is 0 Å². The zero-order chi connectivity index (χ0) is 24.4. The summed E-state index contributed by atoms with van der Waals surface area (Å²) in [7, 11) is 0. The molecule has 0 saturated heterocycles. The van der Waals surface area contributed by atoms with Crippen molar-refractivity contribution < 1.29 is 19.4 Å². The maximum Gasteiger partial charge on any atom is 0.338 e. The fourth-order valence-electron chi connectivity index (χ4n) is 3.90. The quantitative estimate of drug-likeness (QED) is 0.549. The fourth-order valence-corrected chi connectivity index (χ4v) is 4.94. The molecule has 8 heteroatoms. The highest BCUT2D eigenvalue weighted by Gasteiger charge is 2.35. The predicted molar refractivity (Wildman–Crippen MR) is 131 cm³/mol. The summed E-state index contributed by atoms with van der Waals surface area (Å²) >= 11 is 1.20. The molecule has 0 saturated carbocycles. The van der Waals surface area contributed by atoms with Gasteiger partial charge in [0.15, 0.2) is 4.80 Å². The number of para-hydroxylation sites is 2. The van der Waals surface area contributed by atoms with Gasteiger partial charge in [-0.2, -0.15) is 0 Å². The number of rotatable bonds is 6. The van der Waals surface area contributed by atoms with Gasteiger partial charge in [0.05, 0.1) is 28.5 Å². The summed E-state index contributed by atoms with van der Waals surface area (Å²) in [5.41, 5.74) is 1.66. The smallest absolute Gasteiger partial charge is 0.338 e. The Morgan fingerprint density at radius 2 is 1.91 bits per heavy atom. The van der Waals surface area contributed by atoms with Gasteiger partial charge in [-0.3, -0.25) is 9.36 Å².